The predicted octanol–water partition coefficient (Wildman–Crippen LogP) is 8.62. The highest BCUT2D eigenvalue weighted by atomic mass is 19.4. The van der Waals surface area contributed by atoms with Gasteiger partial charge in [-0.15, -0.1) is 0 Å². The molecule has 48 heavy (non-hydrogen) atoms. The standard InChI is InChI=1S/C32H25F9N2O5/c1-47-24-4-2-15(16-8-18(9-16)27(44)45)12-22(24)21-3-5-25(32(39,40)41)42-23(21)14-43-28(46)48-26(29(43)6-7-29)17-10-19(30(33,34)35)13-20(11-17)31(36,37)38/h2-5,10-13,16,18,26H,6-9,14H2,1H3,(H,44,45)/t16-,18-,26-/m1/s1. The van der Waals surface area contributed by atoms with E-state index in [9.17, 15) is 54.2 Å². The lowest BCUT2D eigenvalue weighted by atomic mass is 9.71. The first-order valence-electron chi connectivity index (χ1n) is 14.6. The van der Waals surface area contributed by atoms with Crippen LogP contribution in [0, 0.1) is 5.92 Å². The van der Waals surface area contributed by atoms with Crippen LogP contribution < -0.4 is 4.74 Å². The van der Waals surface area contributed by atoms with E-state index in [0.717, 1.165) is 17.0 Å². The summed E-state index contributed by atoms with van der Waals surface area (Å²) in [4.78, 5) is 29.4. The molecule has 3 aromatic rings. The number of methoxy groups -OCH3 is 1. The zero-order valence-corrected chi connectivity index (χ0v) is 24.8. The minimum absolute atomic E-state index is 0.0522. The maximum atomic E-state index is 13.9. The summed E-state index contributed by atoms with van der Waals surface area (Å²) in [5.74, 6) is -1.42. The summed E-state index contributed by atoms with van der Waals surface area (Å²) in [5.41, 5.74) is -5.70. The summed E-state index contributed by atoms with van der Waals surface area (Å²) in [7, 11) is 1.32. The average molecular weight is 689 g/mol. The van der Waals surface area contributed by atoms with Gasteiger partial charge in [-0.2, -0.15) is 39.5 Å². The number of alkyl halides is 9. The van der Waals surface area contributed by atoms with Gasteiger partial charge >= 0.3 is 30.6 Å². The molecule has 1 atom stereocenters. The van der Waals surface area contributed by atoms with Crippen molar-refractivity contribution in [2.24, 2.45) is 5.92 Å². The van der Waals surface area contributed by atoms with Crippen molar-refractivity contribution in [1.29, 1.82) is 0 Å². The van der Waals surface area contributed by atoms with Gasteiger partial charge in [-0.25, -0.2) is 9.78 Å². The molecule has 0 radical (unpaired) electrons. The molecule has 3 aliphatic rings. The van der Waals surface area contributed by atoms with Gasteiger partial charge in [-0.05, 0) is 79.1 Å². The normalized spacial score (nSPS) is 22.0. The molecular weight excluding hydrogens is 663 g/mol. The number of nitrogens with zero attached hydrogens (tertiary/aromatic N) is 2. The zero-order valence-electron chi connectivity index (χ0n) is 24.8. The number of ether oxygens (including phenoxy) is 2. The third-order valence-corrected chi connectivity index (χ3v) is 9.18. The molecule has 2 saturated carbocycles. The number of carboxylic acid groups (broad SMARTS) is 1. The summed E-state index contributed by atoms with van der Waals surface area (Å²) in [5, 5.41) is 9.27. The molecule has 0 unspecified atom stereocenters. The number of halogens is 9. The summed E-state index contributed by atoms with van der Waals surface area (Å²) in [6, 6.07) is 7.65. The summed E-state index contributed by atoms with van der Waals surface area (Å²) < 4.78 is 134. The number of carbonyl (C=O) groups is 2. The fourth-order valence-electron chi connectivity index (χ4n) is 6.44. The minimum Gasteiger partial charge on any atom is -0.496 e. The lowest BCUT2D eigenvalue weighted by molar-refractivity contribution is -0.145. The predicted molar refractivity (Wildman–Crippen MR) is 148 cm³/mol. The Balaban J connectivity index is 1.40. The van der Waals surface area contributed by atoms with Crippen LogP contribution in [0.1, 0.15) is 71.3 Å². The second-order valence-electron chi connectivity index (χ2n) is 12.1. The largest absolute Gasteiger partial charge is 0.496 e. The quantitative estimate of drug-likeness (QED) is 0.250. The maximum absolute atomic E-state index is 13.9. The van der Waals surface area contributed by atoms with Crippen LogP contribution in [0.3, 0.4) is 0 Å². The Labute approximate surface area is 266 Å². The average Bonchev–Trinajstić information content (AvgIpc) is 3.72. The second kappa shape index (κ2) is 11.3. The zero-order chi connectivity index (χ0) is 35.0. The summed E-state index contributed by atoms with van der Waals surface area (Å²) in [6.45, 7) is -0.627. The van der Waals surface area contributed by atoms with E-state index in [1.807, 2.05) is 0 Å². The SMILES string of the molecule is COc1ccc([C@H]2C[C@H](C(=O)O)C2)cc1-c1ccc(C(F)(F)F)nc1CN1C(=O)O[C@H](c2cc(C(F)(F)F)cc(C(F)(F)F)c2)C12CC2. The molecule has 1 N–H and O–H groups in total. The number of carboxylic acids is 1. The van der Waals surface area contributed by atoms with Gasteiger partial charge < -0.3 is 14.6 Å². The van der Waals surface area contributed by atoms with Crippen LogP contribution in [0.2, 0.25) is 0 Å². The number of aromatic nitrogens is 1. The Bertz CT molecular complexity index is 1740. The Morgan fingerprint density at radius 1 is 0.896 bits per heavy atom. The van der Waals surface area contributed by atoms with E-state index in [1.165, 1.54) is 7.11 Å². The van der Waals surface area contributed by atoms with Crippen LogP contribution in [0.5, 0.6) is 5.75 Å². The minimum atomic E-state index is -5.16. The van der Waals surface area contributed by atoms with Gasteiger partial charge in [0.15, 0.2) is 6.10 Å². The Hall–Kier alpha value is -4.50. The number of carbonyl (C=O) groups excluding carboxylic acids is 1. The first kappa shape index (κ1) is 33.4. The second-order valence-corrected chi connectivity index (χ2v) is 12.1. The molecule has 2 aromatic carbocycles. The third kappa shape index (κ3) is 6.00. The lowest BCUT2D eigenvalue weighted by Crippen LogP contribution is -2.36. The van der Waals surface area contributed by atoms with Crippen LogP contribution in [-0.4, -0.2) is 39.7 Å². The van der Waals surface area contributed by atoms with Gasteiger partial charge in [0.1, 0.15) is 11.4 Å². The molecule has 2 heterocycles. The van der Waals surface area contributed by atoms with E-state index in [2.05, 4.69) is 4.98 Å². The highest BCUT2D eigenvalue weighted by molar-refractivity contribution is 5.77. The number of hydrogen-bond donors (Lipinski definition) is 1. The fraction of sp³-hybridized carbons (Fsp3) is 0.406. The van der Waals surface area contributed by atoms with Crippen molar-refractivity contribution in [3.05, 3.63) is 82.2 Å². The van der Waals surface area contributed by atoms with Gasteiger partial charge in [0.25, 0.3) is 0 Å². The number of aliphatic carboxylic acids is 1. The molecule has 6 rings (SSSR count). The topological polar surface area (TPSA) is 89.0 Å². The van der Waals surface area contributed by atoms with E-state index >= 15 is 0 Å². The van der Waals surface area contributed by atoms with Crippen LogP contribution in [-0.2, 0) is 34.6 Å². The van der Waals surface area contributed by atoms with Gasteiger partial charge in [-0.3, -0.25) is 9.69 Å². The molecular formula is C32H25F9N2O5. The highest BCUT2D eigenvalue weighted by Gasteiger charge is 2.64. The Morgan fingerprint density at radius 2 is 1.52 bits per heavy atom. The van der Waals surface area contributed by atoms with Crippen molar-refractivity contribution in [1.82, 2.24) is 9.88 Å². The number of amides is 1. The Morgan fingerprint density at radius 3 is 2.04 bits per heavy atom. The summed E-state index contributed by atoms with van der Waals surface area (Å²) in [6.07, 6.45) is -17.1. The molecule has 1 saturated heterocycles. The smallest absolute Gasteiger partial charge is 0.433 e. The first-order chi connectivity index (χ1) is 22.3. The molecule has 1 amide bonds. The van der Waals surface area contributed by atoms with Crippen LogP contribution in [0.15, 0.2) is 48.5 Å². The van der Waals surface area contributed by atoms with Crippen LogP contribution in [0.4, 0.5) is 44.3 Å². The lowest BCUT2D eigenvalue weighted by Gasteiger charge is -2.33. The van der Waals surface area contributed by atoms with Crippen molar-refractivity contribution in [2.75, 3.05) is 7.11 Å². The van der Waals surface area contributed by atoms with E-state index in [1.54, 1.807) is 18.2 Å². The number of rotatable bonds is 7. The van der Waals surface area contributed by atoms with Crippen molar-refractivity contribution < 1.29 is 63.7 Å². The number of pyridine rings is 1. The monoisotopic (exact) mass is 688 g/mol. The molecule has 1 aliphatic heterocycles. The molecule has 7 nitrogen and oxygen atoms in total. The molecule has 16 heteroatoms. The van der Waals surface area contributed by atoms with E-state index in [-0.39, 0.29) is 47.4 Å². The highest BCUT2D eigenvalue weighted by Crippen LogP contribution is 2.58. The van der Waals surface area contributed by atoms with Gasteiger partial charge in [0.05, 0.1) is 41.9 Å². The van der Waals surface area contributed by atoms with Crippen molar-refractivity contribution in [3.8, 4) is 16.9 Å². The van der Waals surface area contributed by atoms with Crippen molar-refractivity contribution in [3.63, 3.8) is 0 Å². The van der Waals surface area contributed by atoms with Crippen LogP contribution >= 0.6 is 0 Å². The van der Waals surface area contributed by atoms with Crippen molar-refractivity contribution in [2.45, 2.75) is 68.3 Å². The third-order valence-electron chi connectivity index (χ3n) is 9.18. The number of hydrogen-bond acceptors (Lipinski definition) is 5. The van der Waals surface area contributed by atoms with Crippen LogP contribution in [0.25, 0.3) is 11.1 Å². The fourth-order valence-corrected chi connectivity index (χ4v) is 6.44. The maximum Gasteiger partial charge on any atom is 0.433 e. The molecule has 256 valence electrons. The molecule has 1 spiro atoms. The van der Waals surface area contributed by atoms with Gasteiger partial charge in [0.2, 0.25) is 0 Å². The summed E-state index contributed by atoms with van der Waals surface area (Å²) >= 11 is 0. The molecule has 0 bridgehead atoms. The molecule has 1 aromatic heterocycles. The van der Waals surface area contributed by atoms with Crippen molar-refractivity contribution >= 4 is 12.1 Å². The molecule has 3 fully saturated rings. The van der Waals surface area contributed by atoms with Gasteiger partial charge in [0, 0.05) is 11.1 Å². The number of cyclic esters (lactones) is 1. The Kier molecular flexibility index (Phi) is 7.86. The first-order valence-corrected chi connectivity index (χ1v) is 14.6. The molecule has 2 aliphatic carbocycles. The van der Waals surface area contributed by atoms with E-state index in [4.69, 9.17) is 9.47 Å². The number of benzene rings is 2. The van der Waals surface area contributed by atoms with Gasteiger partial charge in [-0.1, -0.05) is 12.1 Å². The van der Waals surface area contributed by atoms with E-state index in [0.29, 0.717) is 30.5 Å². The van der Waals surface area contributed by atoms with E-state index < -0.39 is 77.1 Å².